The number of hydrogen-bond acceptors (Lipinski definition) is 3. The second-order valence-corrected chi connectivity index (χ2v) is 2.92. The number of carbonyl (C=O) groups is 1. The van der Waals surface area contributed by atoms with Crippen LogP contribution in [-0.2, 0) is 11.2 Å². The van der Waals surface area contributed by atoms with Crippen molar-refractivity contribution in [2.75, 3.05) is 0 Å². The number of benzene rings is 1. The van der Waals surface area contributed by atoms with Gasteiger partial charge in [0.05, 0.1) is 6.42 Å². The summed E-state index contributed by atoms with van der Waals surface area (Å²) in [7, 11) is 0. The summed E-state index contributed by atoms with van der Waals surface area (Å²) in [6.45, 7) is 0. The number of rotatable bonds is 3. The van der Waals surface area contributed by atoms with Crippen LogP contribution in [0.2, 0.25) is 0 Å². The summed E-state index contributed by atoms with van der Waals surface area (Å²) < 4.78 is 39.1. The van der Waals surface area contributed by atoms with Gasteiger partial charge in [-0.15, -0.1) is 13.2 Å². The lowest BCUT2D eigenvalue weighted by Gasteiger charge is -2.11. The van der Waals surface area contributed by atoms with Crippen molar-refractivity contribution in [2.24, 2.45) is 0 Å². The lowest BCUT2D eigenvalue weighted by Crippen LogP contribution is -2.17. The average molecular weight is 236 g/mol. The van der Waals surface area contributed by atoms with Crippen molar-refractivity contribution in [3.8, 4) is 11.5 Å². The van der Waals surface area contributed by atoms with Gasteiger partial charge < -0.3 is 14.9 Å². The molecule has 7 heteroatoms. The molecule has 0 aromatic heterocycles. The van der Waals surface area contributed by atoms with Crippen molar-refractivity contribution in [1.29, 1.82) is 0 Å². The van der Waals surface area contributed by atoms with Crippen molar-refractivity contribution in [2.45, 2.75) is 12.8 Å². The van der Waals surface area contributed by atoms with E-state index in [1.165, 1.54) is 6.07 Å². The smallest absolute Gasteiger partial charge is 0.504 e. The van der Waals surface area contributed by atoms with E-state index >= 15 is 0 Å². The summed E-state index contributed by atoms with van der Waals surface area (Å²) in [5.74, 6) is -2.71. The monoisotopic (exact) mass is 236 g/mol. The summed E-state index contributed by atoms with van der Waals surface area (Å²) in [5.41, 5.74) is 0.101. The number of carboxylic acids is 1. The number of phenols is 1. The van der Waals surface area contributed by atoms with Crippen LogP contribution < -0.4 is 4.74 Å². The van der Waals surface area contributed by atoms with Gasteiger partial charge in [-0.25, -0.2) is 0 Å². The van der Waals surface area contributed by atoms with Crippen LogP contribution in [0.25, 0.3) is 0 Å². The molecule has 0 spiro atoms. The number of alkyl halides is 3. The van der Waals surface area contributed by atoms with Gasteiger partial charge >= 0.3 is 12.3 Å². The Balaban J connectivity index is 2.95. The molecule has 1 aromatic carbocycles. The van der Waals surface area contributed by atoms with E-state index in [-0.39, 0.29) is 5.56 Å². The SMILES string of the molecule is O=C(O)Cc1ccc(O)c(OC(F)(F)F)c1. The van der Waals surface area contributed by atoms with Gasteiger partial charge in [-0.1, -0.05) is 6.07 Å². The fourth-order valence-electron chi connectivity index (χ4n) is 1.05. The van der Waals surface area contributed by atoms with Crippen molar-refractivity contribution in [3.05, 3.63) is 23.8 Å². The van der Waals surface area contributed by atoms with Gasteiger partial charge in [0, 0.05) is 0 Å². The van der Waals surface area contributed by atoms with Crippen LogP contribution in [0, 0.1) is 0 Å². The minimum Gasteiger partial charge on any atom is -0.504 e. The molecule has 4 nitrogen and oxygen atoms in total. The molecule has 0 bridgehead atoms. The van der Waals surface area contributed by atoms with E-state index in [0.717, 1.165) is 12.1 Å². The highest BCUT2D eigenvalue weighted by atomic mass is 19.4. The first-order valence-corrected chi connectivity index (χ1v) is 4.07. The standard InChI is InChI=1S/C9H7F3O4/c10-9(11,12)16-7-3-5(4-8(14)15)1-2-6(7)13/h1-3,13H,4H2,(H,14,15). The molecule has 0 fully saturated rings. The first-order valence-electron chi connectivity index (χ1n) is 4.07. The van der Waals surface area contributed by atoms with Crippen LogP contribution in [-0.4, -0.2) is 22.5 Å². The molecular formula is C9H7F3O4. The fraction of sp³-hybridized carbons (Fsp3) is 0.222. The van der Waals surface area contributed by atoms with Gasteiger partial charge in [-0.3, -0.25) is 4.79 Å². The van der Waals surface area contributed by atoms with E-state index in [4.69, 9.17) is 10.2 Å². The molecule has 88 valence electrons. The van der Waals surface area contributed by atoms with E-state index in [1.54, 1.807) is 0 Å². The Labute approximate surface area is 87.9 Å². The molecule has 0 amide bonds. The first kappa shape index (κ1) is 12.2. The van der Waals surface area contributed by atoms with Crippen LogP contribution in [0.1, 0.15) is 5.56 Å². The normalized spacial score (nSPS) is 11.2. The maximum Gasteiger partial charge on any atom is 0.573 e. The molecule has 0 aliphatic rings. The minimum absolute atomic E-state index is 0.101. The number of phenolic OH excluding ortho intramolecular Hbond substituents is 1. The Hall–Kier alpha value is -1.92. The van der Waals surface area contributed by atoms with Crippen LogP contribution in [0.4, 0.5) is 13.2 Å². The van der Waals surface area contributed by atoms with E-state index in [2.05, 4.69) is 4.74 Å². The van der Waals surface area contributed by atoms with Crippen molar-refractivity contribution >= 4 is 5.97 Å². The minimum atomic E-state index is -4.93. The highest BCUT2D eigenvalue weighted by Gasteiger charge is 2.32. The molecule has 1 aromatic rings. The van der Waals surface area contributed by atoms with E-state index in [0.29, 0.717) is 0 Å². The first-order chi connectivity index (χ1) is 7.28. The number of ether oxygens (including phenoxy) is 1. The van der Waals surface area contributed by atoms with Gasteiger partial charge in [0.25, 0.3) is 0 Å². The Morgan fingerprint density at radius 3 is 2.50 bits per heavy atom. The second-order valence-electron chi connectivity index (χ2n) is 2.92. The number of hydrogen-bond donors (Lipinski definition) is 2. The van der Waals surface area contributed by atoms with Gasteiger partial charge in [-0.2, -0.15) is 0 Å². The predicted octanol–water partition coefficient (Wildman–Crippen LogP) is 1.92. The molecule has 0 saturated carbocycles. The predicted molar refractivity (Wildman–Crippen MR) is 46.1 cm³/mol. The molecule has 2 N–H and O–H groups in total. The van der Waals surface area contributed by atoms with Crippen LogP contribution in [0.5, 0.6) is 11.5 Å². The third-order valence-corrected chi connectivity index (χ3v) is 1.61. The number of aliphatic carboxylic acids is 1. The zero-order chi connectivity index (χ0) is 12.3. The maximum absolute atomic E-state index is 11.9. The van der Waals surface area contributed by atoms with Gasteiger partial charge in [-0.05, 0) is 17.7 Å². The van der Waals surface area contributed by atoms with Crippen molar-refractivity contribution < 1.29 is 32.9 Å². The lowest BCUT2D eigenvalue weighted by molar-refractivity contribution is -0.275. The quantitative estimate of drug-likeness (QED) is 0.841. The number of carboxylic acid groups (broad SMARTS) is 1. The van der Waals surface area contributed by atoms with E-state index in [9.17, 15) is 18.0 Å². The largest absolute Gasteiger partial charge is 0.573 e. The summed E-state index contributed by atoms with van der Waals surface area (Å²) in [4.78, 5) is 10.3. The molecule has 0 saturated heterocycles. The van der Waals surface area contributed by atoms with E-state index in [1.807, 2.05) is 0 Å². The topological polar surface area (TPSA) is 66.8 Å². The van der Waals surface area contributed by atoms with Crippen molar-refractivity contribution in [1.82, 2.24) is 0 Å². The lowest BCUT2D eigenvalue weighted by atomic mass is 10.1. The molecule has 0 aliphatic carbocycles. The van der Waals surface area contributed by atoms with E-state index < -0.39 is 30.3 Å². The third kappa shape index (κ3) is 3.68. The molecule has 0 radical (unpaired) electrons. The maximum atomic E-state index is 11.9. The van der Waals surface area contributed by atoms with Crippen LogP contribution in [0.3, 0.4) is 0 Å². The van der Waals surface area contributed by atoms with Crippen LogP contribution in [0.15, 0.2) is 18.2 Å². The van der Waals surface area contributed by atoms with Gasteiger partial charge in [0.2, 0.25) is 0 Å². The van der Waals surface area contributed by atoms with Crippen LogP contribution >= 0.6 is 0 Å². The Kier molecular flexibility index (Phi) is 3.26. The Morgan fingerprint density at radius 2 is 2.00 bits per heavy atom. The average Bonchev–Trinajstić information content (AvgIpc) is 2.07. The molecule has 0 heterocycles. The fourth-order valence-corrected chi connectivity index (χ4v) is 1.05. The molecule has 0 atom stereocenters. The molecule has 1 rings (SSSR count). The highest BCUT2D eigenvalue weighted by molar-refractivity contribution is 5.70. The third-order valence-electron chi connectivity index (χ3n) is 1.61. The zero-order valence-corrected chi connectivity index (χ0v) is 7.78. The molecule has 16 heavy (non-hydrogen) atoms. The summed E-state index contributed by atoms with van der Waals surface area (Å²) >= 11 is 0. The molecular weight excluding hydrogens is 229 g/mol. The molecule has 0 aliphatic heterocycles. The number of aromatic hydroxyl groups is 1. The van der Waals surface area contributed by atoms with Gasteiger partial charge in [0.15, 0.2) is 11.5 Å². The highest BCUT2D eigenvalue weighted by Crippen LogP contribution is 2.32. The summed E-state index contributed by atoms with van der Waals surface area (Å²) in [5, 5.41) is 17.5. The summed E-state index contributed by atoms with van der Waals surface area (Å²) in [6.07, 6.45) is -5.38. The van der Waals surface area contributed by atoms with Crippen molar-refractivity contribution in [3.63, 3.8) is 0 Å². The second kappa shape index (κ2) is 4.30. The Bertz CT molecular complexity index is 400. The Morgan fingerprint density at radius 1 is 1.38 bits per heavy atom. The molecule has 0 unspecified atom stereocenters. The summed E-state index contributed by atoms with van der Waals surface area (Å²) in [6, 6.07) is 2.98. The van der Waals surface area contributed by atoms with Gasteiger partial charge in [0.1, 0.15) is 0 Å². The number of halogens is 3. The zero-order valence-electron chi connectivity index (χ0n) is 7.78.